The van der Waals surface area contributed by atoms with E-state index in [1.807, 2.05) is 0 Å². The minimum atomic E-state index is -1.59. The van der Waals surface area contributed by atoms with Crippen molar-refractivity contribution in [2.45, 2.75) is 6.61 Å². The van der Waals surface area contributed by atoms with E-state index in [9.17, 15) is 19.1 Å². The number of carbonyl (C=O) groups excluding carboxylic acids is 1. The highest BCUT2D eigenvalue weighted by Crippen LogP contribution is 2.21. The smallest absolute Gasteiger partial charge is 0.345 e. The lowest BCUT2D eigenvalue weighted by Crippen LogP contribution is -2.28. The van der Waals surface area contributed by atoms with Crippen LogP contribution in [0, 0.1) is 5.82 Å². The zero-order chi connectivity index (χ0) is 16.4. The summed E-state index contributed by atoms with van der Waals surface area (Å²) in [6.07, 6.45) is 0. The fourth-order valence-corrected chi connectivity index (χ4v) is 2.07. The second-order valence-electron chi connectivity index (χ2n) is 4.85. The molecular weight excluding hydrogens is 303 g/mol. The third kappa shape index (κ3) is 3.21. The molecule has 6 heteroatoms. The van der Waals surface area contributed by atoms with Gasteiger partial charge in [-0.05, 0) is 35.9 Å². The molecule has 0 saturated heterocycles. The molecule has 0 radical (unpaired) electrons. The number of carboxylic acids is 1. The van der Waals surface area contributed by atoms with E-state index in [4.69, 9.17) is 9.15 Å². The van der Waals surface area contributed by atoms with Crippen molar-refractivity contribution in [1.29, 1.82) is 0 Å². The highest BCUT2D eigenvalue weighted by Gasteiger charge is 2.07. The van der Waals surface area contributed by atoms with Crippen molar-refractivity contribution in [3.63, 3.8) is 0 Å². The zero-order valence-electron chi connectivity index (χ0n) is 11.7. The van der Waals surface area contributed by atoms with Crippen LogP contribution in [0.2, 0.25) is 0 Å². The molecule has 0 fully saturated rings. The van der Waals surface area contributed by atoms with Gasteiger partial charge in [0.1, 0.15) is 23.8 Å². The minimum Gasteiger partial charge on any atom is -0.545 e. The van der Waals surface area contributed by atoms with Crippen LogP contribution in [0.5, 0.6) is 5.75 Å². The molecule has 0 saturated carbocycles. The molecule has 3 rings (SSSR count). The Morgan fingerprint density at radius 3 is 2.57 bits per heavy atom. The first-order valence-corrected chi connectivity index (χ1v) is 6.69. The third-order valence-electron chi connectivity index (χ3n) is 3.25. The van der Waals surface area contributed by atoms with Crippen LogP contribution < -0.4 is 15.5 Å². The highest BCUT2D eigenvalue weighted by atomic mass is 19.1. The number of hydrogen-bond donors (Lipinski definition) is 0. The molecule has 0 N–H and O–H groups in total. The van der Waals surface area contributed by atoms with E-state index in [0.717, 1.165) is 5.56 Å². The number of halogens is 1. The molecular formula is C17H10FO5-. The summed E-state index contributed by atoms with van der Waals surface area (Å²) in [4.78, 5) is 22.3. The zero-order valence-corrected chi connectivity index (χ0v) is 11.7. The van der Waals surface area contributed by atoms with E-state index in [0.29, 0.717) is 11.1 Å². The largest absolute Gasteiger partial charge is 0.545 e. The van der Waals surface area contributed by atoms with Crippen molar-refractivity contribution in [2.75, 3.05) is 0 Å². The van der Waals surface area contributed by atoms with Crippen molar-refractivity contribution in [3.05, 3.63) is 75.9 Å². The van der Waals surface area contributed by atoms with Gasteiger partial charge in [-0.2, -0.15) is 0 Å². The number of carbonyl (C=O) groups is 1. The third-order valence-corrected chi connectivity index (χ3v) is 3.25. The maximum Gasteiger partial charge on any atom is 0.345 e. The normalized spacial score (nSPS) is 10.7. The molecule has 1 heterocycles. The molecule has 0 aliphatic carbocycles. The minimum absolute atomic E-state index is 0.205. The Labute approximate surface area is 129 Å². The fraction of sp³-hybridized carbons (Fsp3) is 0.0588. The van der Waals surface area contributed by atoms with E-state index in [1.165, 1.54) is 24.3 Å². The second-order valence-corrected chi connectivity index (χ2v) is 4.85. The quantitative estimate of drug-likeness (QED) is 0.687. The molecule has 116 valence electrons. The first-order chi connectivity index (χ1) is 11.0. The molecule has 2 aromatic carbocycles. The highest BCUT2D eigenvalue weighted by molar-refractivity contribution is 5.90. The number of hydrogen-bond acceptors (Lipinski definition) is 5. The van der Waals surface area contributed by atoms with E-state index in [-0.39, 0.29) is 18.0 Å². The summed E-state index contributed by atoms with van der Waals surface area (Å²) in [5, 5.41) is 11.2. The van der Waals surface area contributed by atoms with Gasteiger partial charge in [-0.25, -0.2) is 9.18 Å². The average molecular weight is 313 g/mol. The van der Waals surface area contributed by atoms with Gasteiger partial charge in [-0.3, -0.25) is 0 Å². The van der Waals surface area contributed by atoms with Gasteiger partial charge in [0, 0.05) is 11.5 Å². The van der Waals surface area contributed by atoms with Crippen molar-refractivity contribution < 1.29 is 23.4 Å². The van der Waals surface area contributed by atoms with E-state index in [2.05, 4.69) is 0 Å². The van der Waals surface area contributed by atoms with Gasteiger partial charge in [-0.1, -0.05) is 12.1 Å². The first-order valence-electron chi connectivity index (χ1n) is 6.69. The summed E-state index contributed by atoms with van der Waals surface area (Å²) >= 11 is 0. The van der Waals surface area contributed by atoms with E-state index in [1.54, 1.807) is 24.3 Å². The molecule has 0 spiro atoms. The Morgan fingerprint density at radius 2 is 1.87 bits per heavy atom. The fourth-order valence-electron chi connectivity index (χ4n) is 2.07. The summed E-state index contributed by atoms with van der Waals surface area (Å²) in [7, 11) is 0. The summed E-state index contributed by atoms with van der Waals surface area (Å²) in [5.74, 6) is -1.48. The maximum absolute atomic E-state index is 12.8. The maximum atomic E-state index is 12.8. The monoisotopic (exact) mass is 313 g/mol. The Hall–Kier alpha value is -3.15. The van der Waals surface area contributed by atoms with Gasteiger partial charge in [0.2, 0.25) is 0 Å². The molecule has 3 aromatic rings. The lowest BCUT2D eigenvalue weighted by atomic mass is 10.2. The predicted octanol–water partition coefficient (Wildman–Crippen LogP) is 1.87. The first kappa shape index (κ1) is 14.8. The van der Waals surface area contributed by atoms with Crippen LogP contribution in [-0.2, 0) is 6.61 Å². The molecule has 0 aliphatic rings. The van der Waals surface area contributed by atoms with Gasteiger partial charge in [0.25, 0.3) is 0 Å². The summed E-state index contributed by atoms with van der Waals surface area (Å²) in [5.41, 5.74) is -0.525. The van der Waals surface area contributed by atoms with Gasteiger partial charge in [0.05, 0.1) is 11.5 Å². The SMILES string of the molecule is O=C([O-])c1cc2ccc(OCc3ccc(F)cc3)cc2oc1=O. The standard InChI is InChI=1S/C17H11FO5/c18-12-4-1-10(2-5-12)9-22-13-6-3-11-7-14(16(19)20)17(21)23-15(11)8-13/h1-8H,9H2,(H,19,20)/p-1. The number of fused-ring (bicyclic) bond motifs is 1. The van der Waals surface area contributed by atoms with Crippen LogP contribution in [0.1, 0.15) is 15.9 Å². The molecule has 23 heavy (non-hydrogen) atoms. The number of rotatable bonds is 4. The molecule has 0 amide bonds. The van der Waals surface area contributed by atoms with Gasteiger partial charge in [-0.15, -0.1) is 0 Å². The van der Waals surface area contributed by atoms with Crippen LogP contribution in [0.15, 0.2) is 57.7 Å². The van der Waals surface area contributed by atoms with Crippen LogP contribution in [0.4, 0.5) is 4.39 Å². The molecule has 5 nitrogen and oxygen atoms in total. The van der Waals surface area contributed by atoms with Crippen molar-refractivity contribution in [2.24, 2.45) is 0 Å². The molecule has 1 aromatic heterocycles. The summed E-state index contributed by atoms with van der Waals surface area (Å²) < 4.78 is 23.3. The number of benzene rings is 2. The Bertz CT molecular complexity index is 928. The lowest BCUT2D eigenvalue weighted by molar-refractivity contribution is -0.255. The Morgan fingerprint density at radius 1 is 1.13 bits per heavy atom. The van der Waals surface area contributed by atoms with Crippen LogP contribution in [0.25, 0.3) is 11.0 Å². The van der Waals surface area contributed by atoms with Crippen molar-refractivity contribution in [1.82, 2.24) is 0 Å². The van der Waals surface area contributed by atoms with E-state index >= 15 is 0 Å². The number of carboxylic acid groups (broad SMARTS) is 1. The van der Waals surface area contributed by atoms with E-state index < -0.39 is 17.2 Å². The number of ether oxygens (including phenoxy) is 1. The van der Waals surface area contributed by atoms with Crippen molar-refractivity contribution >= 4 is 16.9 Å². The lowest BCUT2D eigenvalue weighted by Gasteiger charge is -2.08. The van der Waals surface area contributed by atoms with Crippen molar-refractivity contribution in [3.8, 4) is 5.75 Å². The van der Waals surface area contributed by atoms with Crippen LogP contribution in [0.3, 0.4) is 0 Å². The summed E-state index contributed by atoms with van der Waals surface area (Å²) in [6.45, 7) is 0.215. The Balaban J connectivity index is 1.85. The molecule has 0 aliphatic heterocycles. The number of aromatic carboxylic acids is 1. The van der Waals surface area contributed by atoms with Gasteiger partial charge < -0.3 is 19.1 Å². The topological polar surface area (TPSA) is 79.6 Å². The molecule has 0 unspecified atom stereocenters. The van der Waals surface area contributed by atoms with Gasteiger partial charge in [0.15, 0.2) is 0 Å². The van der Waals surface area contributed by atoms with Crippen LogP contribution >= 0.6 is 0 Å². The van der Waals surface area contributed by atoms with Gasteiger partial charge >= 0.3 is 5.63 Å². The Kier molecular flexibility index (Phi) is 3.80. The second kappa shape index (κ2) is 5.92. The predicted molar refractivity (Wildman–Crippen MR) is 77.5 cm³/mol. The average Bonchev–Trinajstić information content (AvgIpc) is 2.53. The van der Waals surface area contributed by atoms with Crippen LogP contribution in [-0.4, -0.2) is 5.97 Å². The summed E-state index contributed by atoms with van der Waals surface area (Å²) in [6, 6.07) is 11.7. The molecule has 0 atom stereocenters. The molecule has 0 bridgehead atoms.